The van der Waals surface area contributed by atoms with Crippen molar-refractivity contribution < 1.29 is 37.7 Å². The van der Waals surface area contributed by atoms with E-state index in [-0.39, 0.29) is 17.2 Å². The fourth-order valence-corrected chi connectivity index (χ4v) is 4.67. The molecular weight excluding hydrogens is 508 g/mol. The largest absolute Gasteiger partial charge is 0.507 e. The van der Waals surface area contributed by atoms with Crippen LogP contribution in [0.2, 0.25) is 0 Å². The van der Waals surface area contributed by atoms with Crippen LogP contribution in [0.4, 0.5) is 14.5 Å². The van der Waals surface area contributed by atoms with Crippen molar-refractivity contribution in [3.63, 3.8) is 0 Å². The number of amides is 1. The fraction of sp³-hybridized carbons (Fsp3) is 0.267. The summed E-state index contributed by atoms with van der Waals surface area (Å²) < 4.78 is 44.5. The molecule has 0 aromatic heterocycles. The second-order valence-corrected chi connectivity index (χ2v) is 9.22. The molecule has 1 saturated heterocycles. The maximum absolute atomic E-state index is 14.3. The third-order valence-electron chi connectivity index (χ3n) is 6.55. The van der Waals surface area contributed by atoms with Gasteiger partial charge in [0, 0.05) is 17.3 Å². The summed E-state index contributed by atoms with van der Waals surface area (Å²) >= 11 is 0. The topological polar surface area (TPSA) is 85.3 Å². The summed E-state index contributed by atoms with van der Waals surface area (Å²) in [5.74, 6) is -3.27. The van der Waals surface area contributed by atoms with Crippen molar-refractivity contribution in [2.45, 2.75) is 32.7 Å². The Hall–Kier alpha value is -4.40. The molecule has 0 spiro atoms. The zero-order valence-corrected chi connectivity index (χ0v) is 22.2. The van der Waals surface area contributed by atoms with E-state index in [1.54, 1.807) is 43.3 Å². The molecule has 0 aliphatic carbocycles. The number of carbonyl (C=O) groups is 2. The molecule has 1 atom stereocenters. The normalized spacial score (nSPS) is 16.6. The highest BCUT2D eigenvalue weighted by Crippen LogP contribution is 2.45. The van der Waals surface area contributed by atoms with Crippen molar-refractivity contribution in [1.82, 2.24) is 0 Å². The third kappa shape index (κ3) is 5.04. The number of methoxy groups -OCH3 is 2. The molecule has 1 amide bonds. The summed E-state index contributed by atoms with van der Waals surface area (Å²) in [6, 6.07) is 11.5. The molecule has 0 radical (unpaired) electrons. The van der Waals surface area contributed by atoms with Gasteiger partial charge >= 0.3 is 0 Å². The molecule has 1 aliphatic heterocycles. The number of aliphatic hydroxyl groups excluding tert-OH is 1. The fourth-order valence-electron chi connectivity index (χ4n) is 4.67. The van der Waals surface area contributed by atoms with Gasteiger partial charge in [-0.25, -0.2) is 8.78 Å². The standard InChI is InChI=1S/C30H29F2NO6/c1-6-39-25-14-17(7-12-24(25)38-5)27-26(28(34)18-8-11-23(37-4)20(13-18)16(2)3)29(35)30(36)33(27)19-9-10-21(31)22(32)15-19/h7-16,27,34H,6H2,1-5H3/b28-26+. The van der Waals surface area contributed by atoms with Crippen molar-refractivity contribution >= 4 is 23.1 Å². The van der Waals surface area contributed by atoms with Crippen LogP contribution in [-0.2, 0) is 9.59 Å². The maximum Gasteiger partial charge on any atom is 0.300 e. The van der Waals surface area contributed by atoms with E-state index in [1.807, 2.05) is 13.8 Å². The Morgan fingerprint density at radius 3 is 2.23 bits per heavy atom. The van der Waals surface area contributed by atoms with Crippen LogP contribution in [0.3, 0.4) is 0 Å². The summed E-state index contributed by atoms with van der Waals surface area (Å²) in [5, 5.41) is 11.5. The minimum absolute atomic E-state index is 0.0310. The van der Waals surface area contributed by atoms with E-state index < -0.39 is 35.1 Å². The Bertz CT molecular complexity index is 1470. The lowest BCUT2D eigenvalue weighted by Crippen LogP contribution is -2.29. The average molecular weight is 538 g/mol. The molecule has 1 N–H and O–H groups in total. The van der Waals surface area contributed by atoms with E-state index in [1.165, 1.54) is 20.3 Å². The molecule has 1 heterocycles. The smallest absolute Gasteiger partial charge is 0.300 e. The van der Waals surface area contributed by atoms with Gasteiger partial charge in [-0.05, 0) is 66.4 Å². The average Bonchev–Trinajstić information content (AvgIpc) is 3.19. The second-order valence-electron chi connectivity index (χ2n) is 9.22. The van der Waals surface area contributed by atoms with Gasteiger partial charge in [-0.2, -0.15) is 0 Å². The van der Waals surface area contributed by atoms with Crippen LogP contribution in [0.15, 0.2) is 60.2 Å². The number of nitrogens with zero attached hydrogens (tertiary/aromatic N) is 1. The second kappa shape index (κ2) is 11.1. The third-order valence-corrected chi connectivity index (χ3v) is 6.55. The van der Waals surface area contributed by atoms with Gasteiger partial charge in [0.25, 0.3) is 11.7 Å². The summed E-state index contributed by atoms with van der Waals surface area (Å²) in [4.78, 5) is 27.9. The van der Waals surface area contributed by atoms with E-state index in [4.69, 9.17) is 14.2 Å². The van der Waals surface area contributed by atoms with Gasteiger partial charge in [-0.15, -0.1) is 0 Å². The molecule has 0 saturated carbocycles. The number of Topliss-reactive ketones (excluding diaryl/α,β-unsaturated/α-hetero) is 1. The van der Waals surface area contributed by atoms with Crippen LogP contribution in [0, 0.1) is 11.6 Å². The Balaban J connectivity index is 1.99. The molecular formula is C30H29F2NO6. The monoisotopic (exact) mass is 537 g/mol. The molecule has 1 aliphatic rings. The first-order valence-electron chi connectivity index (χ1n) is 12.4. The highest BCUT2D eigenvalue weighted by molar-refractivity contribution is 6.51. The first-order chi connectivity index (χ1) is 18.6. The first kappa shape index (κ1) is 27.6. The Morgan fingerprint density at radius 1 is 0.923 bits per heavy atom. The van der Waals surface area contributed by atoms with E-state index in [0.29, 0.717) is 35.0 Å². The van der Waals surface area contributed by atoms with E-state index in [0.717, 1.165) is 22.6 Å². The Morgan fingerprint density at radius 2 is 1.62 bits per heavy atom. The van der Waals surface area contributed by atoms with Crippen molar-refractivity contribution in [3.05, 3.63) is 88.5 Å². The van der Waals surface area contributed by atoms with Gasteiger partial charge in [0.1, 0.15) is 11.5 Å². The lowest BCUT2D eigenvalue weighted by atomic mass is 9.93. The summed E-state index contributed by atoms with van der Waals surface area (Å²) in [6.07, 6.45) is 0. The first-order valence-corrected chi connectivity index (χ1v) is 12.4. The van der Waals surface area contributed by atoms with Gasteiger partial charge in [0.2, 0.25) is 0 Å². The van der Waals surface area contributed by atoms with Crippen LogP contribution in [0.25, 0.3) is 5.76 Å². The Kier molecular flexibility index (Phi) is 7.90. The van der Waals surface area contributed by atoms with Gasteiger partial charge in [0.05, 0.1) is 32.4 Å². The van der Waals surface area contributed by atoms with Crippen LogP contribution >= 0.6 is 0 Å². The minimum atomic E-state index is -1.19. The van der Waals surface area contributed by atoms with Crippen LogP contribution in [0.1, 0.15) is 49.4 Å². The number of ketones is 1. The molecule has 204 valence electrons. The molecule has 3 aromatic carbocycles. The number of hydrogen-bond donors (Lipinski definition) is 1. The van der Waals surface area contributed by atoms with Crippen molar-refractivity contribution in [1.29, 1.82) is 0 Å². The number of hydrogen-bond acceptors (Lipinski definition) is 6. The number of benzene rings is 3. The summed E-state index contributed by atoms with van der Waals surface area (Å²) in [5.41, 5.74) is 1.22. The van der Waals surface area contributed by atoms with E-state index in [2.05, 4.69) is 0 Å². The number of aliphatic hydroxyl groups is 1. The molecule has 39 heavy (non-hydrogen) atoms. The lowest BCUT2D eigenvalue weighted by molar-refractivity contribution is -0.132. The highest BCUT2D eigenvalue weighted by Gasteiger charge is 2.47. The molecule has 9 heteroatoms. The van der Waals surface area contributed by atoms with Gasteiger partial charge in [0.15, 0.2) is 23.1 Å². The predicted octanol–water partition coefficient (Wildman–Crippen LogP) is 6.13. The summed E-state index contributed by atoms with van der Waals surface area (Å²) in [6.45, 7) is 6.01. The van der Waals surface area contributed by atoms with Gasteiger partial charge < -0.3 is 19.3 Å². The number of carbonyl (C=O) groups excluding carboxylic acids is 2. The van der Waals surface area contributed by atoms with Crippen molar-refractivity contribution in [3.8, 4) is 17.2 Å². The summed E-state index contributed by atoms with van der Waals surface area (Å²) in [7, 11) is 3.01. The molecule has 1 unspecified atom stereocenters. The van der Waals surface area contributed by atoms with Crippen molar-refractivity contribution in [2.75, 3.05) is 25.7 Å². The number of rotatable bonds is 8. The number of anilines is 1. The van der Waals surface area contributed by atoms with Crippen molar-refractivity contribution in [2.24, 2.45) is 0 Å². The van der Waals surface area contributed by atoms with E-state index >= 15 is 0 Å². The quantitative estimate of drug-likeness (QED) is 0.211. The highest BCUT2D eigenvalue weighted by atomic mass is 19.2. The van der Waals surface area contributed by atoms with Crippen LogP contribution < -0.4 is 19.1 Å². The lowest BCUT2D eigenvalue weighted by Gasteiger charge is -2.26. The maximum atomic E-state index is 14.3. The van der Waals surface area contributed by atoms with Gasteiger partial charge in [-0.1, -0.05) is 19.9 Å². The number of halogens is 2. The number of ether oxygens (including phenoxy) is 3. The zero-order valence-electron chi connectivity index (χ0n) is 22.2. The van der Waals surface area contributed by atoms with E-state index in [9.17, 15) is 23.5 Å². The Labute approximate surface area is 225 Å². The SMILES string of the molecule is CCOc1cc(C2/C(=C(\O)c3ccc(OC)c(C(C)C)c3)C(=O)C(=O)N2c2ccc(F)c(F)c2)ccc1OC. The molecule has 1 fully saturated rings. The molecule has 7 nitrogen and oxygen atoms in total. The van der Waals surface area contributed by atoms with Gasteiger partial charge in [-0.3, -0.25) is 14.5 Å². The minimum Gasteiger partial charge on any atom is -0.507 e. The van der Waals surface area contributed by atoms with Crippen LogP contribution in [0.5, 0.6) is 17.2 Å². The zero-order chi connectivity index (χ0) is 28.4. The van der Waals surface area contributed by atoms with Crippen LogP contribution in [-0.4, -0.2) is 37.6 Å². The molecule has 0 bridgehead atoms. The molecule has 4 rings (SSSR count). The predicted molar refractivity (Wildman–Crippen MR) is 142 cm³/mol. The molecule has 3 aromatic rings.